The molecule has 0 aliphatic carbocycles. The Morgan fingerprint density at radius 2 is 2.11 bits per heavy atom. The summed E-state index contributed by atoms with van der Waals surface area (Å²) in [5.41, 5.74) is 0. The van der Waals surface area contributed by atoms with Crippen molar-refractivity contribution in [1.82, 2.24) is 19.4 Å². The molecule has 0 spiro atoms. The molecule has 6 nitrogen and oxygen atoms in total. The van der Waals surface area contributed by atoms with Crippen molar-refractivity contribution in [3.63, 3.8) is 0 Å². The van der Waals surface area contributed by atoms with Gasteiger partial charge in [-0.25, -0.2) is 8.42 Å². The van der Waals surface area contributed by atoms with E-state index in [-0.39, 0.29) is 5.03 Å². The zero-order valence-electron chi connectivity index (χ0n) is 11.5. The third-order valence-electron chi connectivity index (χ3n) is 3.76. The van der Waals surface area contributed by atoms with Crippen molar-refractivity contribution in [2.75, 3.05) is 26.7 Å². The van der Waals surface area contributed by atoms with Crippen LogP contribution in [-0.2, 0) is 17.1 Å². The van der Waals surface area contributed by atoms with Gasteiger partial charge < -0.3 is 5.32 Å². The highest BCUT2D eigenvalue weighted by Gasteiger charge is 2.30. The predicted molar refractivity (Wildman–Crippen MR) is 73.2 cm³/mol. The van der Waals surface area contributed by atoms with Gasteiger partial charge in [0.2, 0.25) is 0 Å². The molecular weight excluding hydrogens is 264 g/mol. The molecule has 19 heavy (non-hydrogen) atoms. The highest BCUT2D eigenvalue weighted by molar-refractivity contribution is 7.89. The molecular formula is C12H22N4O2S. The fourth-order valence-electron chi connectivity index (χ4n) is 2.53. The van der Waals surface area contributed by atoms with Crippen molar-refractivity contribution in [2.24, 2.45) is 13.0 Å². The quantitative estimate of drug-likeness (QED) is 0.852. The van der Waals surface area contributed by atoms with Crippen LogP contribution in [0.25, 0.3) is 0 Å². The number of hydrogen-bond acceptors (Lipinski definition) is 4. The molecule has 0 aromatic carbocycles. The molecule has 1 aliphatic rings. The van der Waals surface area contributed by atoms with Gasteiger partial charge in [-0.3, -0.25) is 4.68 Å². The highest BCUT2D eigenvalue weighted by Crippen LogP contribution is 2.24. The van der Waals surface area contributed by atoms with Gasteiger partial charge in [0.05, 0.1) is 6.20 Å². The zero-order valence-corrected chi connectivity index (χ0v) is 12.4. The van der Waals surface area contributed by atoms with Gasteiger partial charge in [-0.05, 0) is 44.8 Å². The van der Waals surface area contributed by atoms with Gasteiger partial charge in [0.1, 0.15) is 0 Å². The van der Waals surface area contributed by atoms with E-state index in [9.17, 15) is 8.42 Å². The molecule has 2 rings (SSSR count). The van der Waals surface area contributed by atoms with E-state index in [1.54, 1.807) is 17.4 Å². The summed E-state index contributed by atoms with van der Waals surface area (Å²) in [6, 6.07) is 1.56. The summed E-state index contributed by atoms with van der Waals surface area (Å²) in [6.07, 6.45) is 4.53. The lowest BCUT2D eigenvalue weighted by atomic mass is 9.95. The third-order valence-corrected chi connectivity index (χ3v) is 5.73. The minimum Gasteiger partial charge on any atom is -0.320 e. The first-order chi connectivity index (χ1) is 9.05. The Labute approximate surface area is 114 Å². The number of nitrogens with zero attached hydrogens (tertiary/aromatic N) is 3. The van der Waals surface area contributed by atoms with Crippen LogP contribution in [0.15, 0.2) is 17.3 Å². The SMILES string of the molecule is CNCCC1CCN(S(=O)(=O)c2ccnn2C)CC1. The summed E-state index contributed by atoms with van der Waals surface area (Å²) in [7, 11) is 0.231. The fourth-order valence-corrected chi connectivity index (χ4v) is 4.10. The van der Waals surface area contributed by atoms with E-state index in [2.05, 4.69) is 10.4 Å². The van der Waals surface area contributed by atoms with Crippen molar-refractivity contribution in [3.8, 4) is 0 Å². The molecule has 0 unspecified atom stereocenters. The van der Waals surface area contributed by atoms with Crippen LogP contribution < -0.4 is 5.32 Å². The molecule has 0 saturated carbocycles. The maximum Gasteiger partial charge on any atom is 0.260 e. The van der Waals surface area contributed by atoms with Gasteiger partial charge in [-0.1, -0.05) is 0 Å². The van der Waals surface area contributed by atoms with E-state index >= 15 is 0 Å². The maximum atomic E-state index is 12.4. The normalized spacial score (nSPS) is 18.8. The molecule has 1 N–H and O–H groups in total. The molecule has 0 bridgehead atoms. The Morgan fingerprint density at radius 1 is 1.42 bits per heavy atom. The van der Waals surface area contributed by atoms with E-state index in [4.69, 9.17) is 0 Å². The van der Waals surface area contributed by atoms with Gasteiger partial charge >= 0.3 is 0 Å². The molecule has 2 heterocycles. The van der Waals surface area contributed by atoms with Crippen LogP contribution in [0.1, 0.15) is 19.3 Å². The zero-order chi connectivity index (χ0) is 13.9. The summed E-state index contributed by atoms with van der Waals surface area (Å²) in [4.78, 5) is 0. The van der Waals surface area contributed by atoms with Crippen LogP contribution in [-0.4, -0.2) is 49.2 Å². The standard InChI is InChI=1S/C12H22N4O2S/c1-13-7-3-11-5-9-16(10-6-11)19(17,18)12-4-8-14-15(12)2/h4,8,11,13H,3,5-7,9-10H2,1-2H3. The first-order valence-corrected chi connectivity index (χ1v) is 8.12. The topological polar surface area (TPSA) is 67.2 Å². The van der Waals surface area contributed by atoms with E-state index in [0.29, 0.717) is 19.0 Å². The molecule has 108 valence electrons. The molecule has 1 saturated heterocycles. The molecule has 0 atom stereocenters. The third kappa shape index (κ3) is 3.16. The minimum absolute atomic E-state index is 0.279. The predicted octanol–water partition coefficient (Wildman–Crippen LogP) is 0.430. The van der Waals surface area contributed by atoms with E-state index in [1.807, 2.05) is 7.05 Å². The van der Waals surface area contributed by atoms with Crippen LogP contribution in [0.2, 0.25) is 0 Å². The number of rotatable bonds is 5. The number of nitrogens with one attached hydrogen (secondary N) is 1. The van der Waals surface area contributed by atoms with Gasteiger partial charge in [-0.15, -0.1) is 0 Å². The summed E-state index contributed by atoms with van der Waals surface area (Å²) in [6.45, 7) is 2.23. The second-order valence-electron chi connectivity index (χ2n) is 5.03. The number of piperidine rings is 1. The molecule has 0 amide bonds. The lowest BCUT2D eigenvalue weighted by Gasteiger charge is -2.31. The Kier molecular flexibility index (Phi) is 4.59. The summed E-state index contributed by atoms with van der Waals surface area (Å²) in [5, 5.41) is 7.36. The van der Waals surface area contributed by atoms with Gasteiger partial charge in [0, 0.05) is 20.1 Å². The smallest absolute Gasteiger partial charge is 0.260 e. The van der Waals surface area contributed by atoms with Gasteiger partial charge in [0.25, 0.3) is 10.0 Å². The monoisotopic (exact) mass is 286 g/mol. The van der Waals surface area contributed by atoms with Crippen LogP contribution in [0, 0.1) is 5.92 Å². The lowest BCUT2D eigenvalue weighted by molar-refractivity contribution is 0.262. The Morgan fingerprint density at radius 3 is 2.63 bits per heavy atom. The number of hydrogen-bond donors (Lipinski definition) is 1. The van der Waals surface area contributed by atoms with Gasteiger partial charge in [-0.2, -0.15) is 9.40 Å². The second-order valence-corrected chi connectivity index (χ2v) is 6.92. The Hall–Kier alpha value is -0.920. The van der Waals surface area contributed by atoms with Crippen LogP contribution >= 0.6 is 0 Å². The highest BCUT2D eigenvalue weighted by atomic mass is 32.2. The summed E-state index contributed by atoms with van der Waals surface area (Å²) in [5.74, 6) is 0.630. The van der Waals surface area contributed by atoms with Gasteiger partial charge in [0.15, 0.2) is 5.03 Å². The minimum atomic E-state index is -3.38. The molecule has 7 heteroatoms. The Balaban J connectivity index is 2.00. The molecule has 0 radical (unpaired) electrons. The average molecular weight is 286 g/mol. The lowest BCUT2D eigenvalue weighted by Crippen LogP contribution is -2.39. The Bertz CT molecular complexity index is 504. The largest absolute Gasteiger partial charge is 0.320 e. The fraction of sp³-hybridized carbons (Fsp3) is 0.750. The molecule has 1 fully saturated rings. The molecule has 1 aliphatic heterocycles. The van der Waals surface area contributed by atoms with E-state index < -0.39 is 10.0 Å². The average Bonchev–Trinajstić information content (AvgIpc) is 2.84. The summed E-state index contributed by atoms with van der Waals surface area (Å²) >= 11 is 0. The number of sulfonamides is 1. The maximum absolute atomic E-state index is 12.4. The molecule has 1 aromatic rings. The second kappa shape index (κ2) is 6.02. The van der Waals surface area contributed by atoms with Crippen molar-refractivity contribution in [2.45, 2.75) is 24.3 Å². The van der Waals surface area contributed by atoms with Crippen molar-refractivity contribution in [1.29, 1.82) is 0 Å². The van der Waals surface area contributed by atoms with Crippen LogP contribution in [0.5, 0.6) is 0 Å². The van der Waals surface area contributed by atoms with E-state index in [1.165, 1.54) is 10.9 Å². The van der Waals surface area contributed by atoms with Crippen molar-refractivity contribution < 1.29 is 8.42 Å². The summed E-state index contributed by atoms with van der Waals surface area (Å²) < 4.78 is 27.9. The van der Waals surface area contributed by atoms with Crippen LogP contribution in [0.4, 0.5) is 0 Å². The van der Waals surface area contributed by atoms with E-state index in [0.717, 1.165) is 25.8 Å². The first-order valence-electron chi connectivity index (χ1n) is 6.68. The van der Waals surface area contributed by atoms with Crippen LogP contribution in [0.3, 0.4) is 0 Å². The van der Waals surface area contributed by atoms with Crippen molar-refractivity contribution in [3.05, 3.63) is 12.3 Å². The van der Waals surface area contributed by atoms with Crippen molar-refractivity contribution >= 4 is 10.0 Å². The first kappa shape index (κ1) is 14.5. The number of aryl methyl sites for hydroxylation is 1. The number of aromatic nitrogens is 2. The molecule has 1 aromatic heterocycles.